The maximum atomic E-state index is 13.3. The molecule has 0 unspecified atom stereocenters. The number of rotatable bonds is 9. The van der Waals surface area contributed by atoms with Gasteiger partial charge in [0.25, 0.3) is 5.91 Å². The Morgan fingerprint density at radius 2 is 1.81 bits per heavy atom. The monoisotopic (exact) mass is 515 g/mol. The highest BCUT2D eigenvalue weighted by Crippen LogP contribution is 2.39. The van der Waals surface area contributed by atoms with Gasteiger partial charge < -0.3 is 9.47 Å². The first kappa shape index (κ1) is 25.7. The molecule has 1 amide bonds. The van der Waals surface area contributed by atoms with Crippen LogP contribution in [-0.4, -0.2) is 16.8 Å². The third-order valence-electron chi connectivity index (χ3n) is 5.88. The Morgan fingerprint density at radius 1 is 1.03 bits per heavy atom. The van der Waals surface area contributed by atoms with E-state index in [1.165, 1.54) is 17.3 Å². The molecule has 0 atom stereocenters. The van der Waals surface area contributed by atoms with Crippen LogP contribution in [0.2, 0.25) is 0 Å². The van der Waals surface area contributed by atoms with Crippen LogP contribution in [0.1, 0.15) is 34.7 Å². The molecule has 4 nitrogen and oxygen atoms in total. The second-order valence-electron chi connectivity index (χ2n) is 8.49. The number of thiocarbonyl (C=S) groups is 1. The van der Waals surface area contributed by atoms with Gasteiger partial charge in [0.2, 0.25) is 0 Å². The van der Waals surface area contributed by atoms with Gasteiger partial charge >= 0.3 is 0 Å². The second-order valence-corrected chi connectivity index (χ2v) is 10.2. The van der Waals surface area contributed by atoms with Crippen molar-refractivity contribution in [3.63, 3.8) is 0 Å². The van der Waals surface area contributed by atoms with Gasteiger partial charge in [0, 0.05) is 5.56 Å². The van der Waals surface area contributed by atoms with Crippen LogP contribution < -0.4 is 14.4 Å². The van der Waals surface area contributed by atoms with Gasteiger partial charge in [-0.15, -0.1) is 6.58 Å². The lowest BCUT2D eigenvalue weighted by Gasteiger charge is -2.17. The molecule has 1 fully saturated rings. The van der Waals surface area contributed by atoms with E-state index in [0.29, 0.717) is 40.4 Å². The fraction of sp³-hybridized carbons (Fsp3) is 0.200. The van der Waals surface area contributed by atoms with Crippen LogP contribution >= 0.6 is 24.0 Å². The molecule has 3 aromatic rings. The van der Waals surface area contributed by atoms with Crippen LogP contribution in [0.3, 0.4) is 0 Å². The standard InChI is InChI=1S/C30H29NO3S2/c1-5-10-24-16-23(17-26(33-6-2)28(24)34-19-22-11-8-7-9-12-22)18-27-29(32)31(30(35)36-27)25-14-13-20(3)21(4)15-25/h5,7-9,11-18H,1,6,10,19H2,2-4H3/b27-18+. The second kappa shape index (κ2) is 11.6. The number of aryl methyl sites for hydroxylation is 2. The predicted molar refractivity (Wildman–Crippen MR) is 154 cm³/mol. The van der Waals surface area contributed by atoms with Crippen molar-refractivity contribution in [1.29, 1.82) is 0 Å². The molecule has 1 heterocycles. The average molecular weight is 516 g/mol. The summed E-state index contributed by atoms with van der Waals surface area (Å²) < 4.78 is 12.7. The lowest BCUT2D eigenvalue weighted by Crippen LogP contribution is -2.27. The van der Waals surface area contributed by atoms with Crippen molar-refractivity contribution in [2.45, 2.75) is 33.8 Å². The highest BCUT2D eigenvalue weighted by molar-refractivity contribution is 8.27. The van der Waals surface area contributed by atoms with Crippen molar-refractivity contribution in [3.8, 4) is 11.5 Å². The molecular weight excluding hydrogens is 486 g/mol. The number of carbonyl (C=O) groups excluding carboxylic acids is 1. The Hall–Kier alpha value is -3.35. The van der Waals surface area contributed by atoms with Gasteiger partial charge in [-0.1, -0.05) is 66.5 Å². The van der Waals surface area contributed by atoms with E-state index in [4.69, 9.17) is 21.7 Å². The molecule has 0 bridgehead atoms. The van der Waals surface area contributed by atoms with E-state index in [2.05, 4.69) is 6.58 Å². The van der Waals surface area contributed by atoms with Gasteiger partial charge in [0.05, 0.1) is 17.2 Å². The smallest absolute Gasteiger partial charge is 0.270 e. The number of hydrogen-bond acceptors (Lipinski definition) is 5. The Morgan fingerprint density at radius 3 is 2.50 bits per heavy atom. The minimum atomic E-state index is -0.124. The van der Waals surface area contributed by atoms with Crippen LogP contribution in [-0.2, 0) is 17.8 Å². The van der Waals surface area contributed by atoms with Gasteiger partial charge in [0.15, 0.2) is 15.8 Å². The van der Waals surface area contributed by atoms with Gasteiger partial charge in [0.1, 0.15) is 6.61 Å². The molecule has 1 aliphatic heterocycles. The van der Waals surface area contributed by atoms with E-state index in [-0.39, 0.29) is 5.91 Å². The molecule has 0 N–H and O–H groups in total. The maximum absolute atomic E-state index is 13.3. The SMILES string of the molecule is C=CCc1cc(/C=C2/SC(=S)N(c3ccc(C)c(C)c3)C2=O)cc(OCC)c1OCc1ccccc1. The summed E-state index contributed by atoms with van der Waals surface area (Å²) in [6.07, 6.45) is 4.31. The first-order valence-corrected chi connectivity index (χ1v) is 13.1. The largest absolute Gasteiger partial charge is 0.490 e. The number of benzene rings is 3. The van der Waals surface area contributed by atoms with Crippen molar-refractivity contribution < 1.29 is 14.3 Å². The number of allylic oxidation sites excluding steroid dienone is 1. The highest BCUT2D eigenvalue weighted by atomic mass is 32.2. The van der Waals surface area contributed by atoms with Crippen molar-refractivity contribution >= 4 is 46.0 Å². The summed E-state index contributed by atoms with van der Waals surface area (Å²) >= 11 is 6.88. The molecule has 3 aromatic carbocycles. The normalized spacial score (nSPS) is 14.4. The van der Waals surface area contributed by atoms with Crippen molar-refractivity contribution in [1.82, 2.24) is 0 Å². The van der Waals surface area contributed by atoms with Gasteiger partial charge in [-0.3, -0.25) is 9.69 Å². The number of ether oxygens (including phenoxy) is 2. The zero-order chi connectivity index (χ0) is 25.7. The lowest BCUT2D eigenvalue weighted by atomic mass is 10.0. The quantitative estimate of drug-likeness (QED) is 0.168. The molecule has 1 saturated heterocycles. The summed E-state index contributed by atoms with van der Waals surface area (Å²) in [7, 11) is 0. The highest BCUT2D eigenvalue weighted by Gasteiger charge is 2.33. The Balaban J connectivity index is 1.67. The number of anilines is 1. The van der Waals surface area contributed by atoms with Gasteiger partial charge in [-0.05, 0) is 79.8 Å². The Kier molecular flexibility index (Phi) is 8.28. The van der Waals surface area contributed by atoms with E-state index in [1.54, 1.807) is 4.90 Å². The van der Waals surface area contributed by atoms with Crippen LogP contribution in [0, 0.1) is 13.8 Å². The maximum Gasteiger partial charge on any atom is 0.270 e. The summed E-state index contributed by atoms with van der Waals surface area (Å²) in [5.74, 6) is 1.21. The molecule has 0 radical (unpaired) electrons. The van der Waals surface area contributed by atoms with Crippen LogP contribution in [0.15, 0.2) is 78.2 Å². The molecule has 36 heavy (non-hydrogen) atoms. The van der Waals surface area contributed by atoms with E-state index >= 15 is 0 Å². The number of hydrogen-bond donors (Lipinski definition) is 0. The van der Waals surface area contributed by atoms with E-state index in [1.807, 2.05) is 93.6 Å². The van der Waals surface area contributed by atoms with Crippen molar-refractivity contribution in [2.75, 3.05) is 11.5 Å². The predicted octanol–water partition coefficient (Wildman–Crippen LogP) is 7.42. The first-order valence-electron chi connectivity index (χ1n) is 11.8. The zero-order valence-corrected chi connectivity index (χ0v) is 22.4. The minimum absolute atomic E-state index is 0.124. The van der Waals surface area contributed by atoms with E-state index in [0.717, 1.165) is 27.9 Å². The minimum Gasteiger partial charge on any atom is -0.490 e. The average Bonchev–Trinajstić information content (AvgIpc) is 3.14. The number of amides is 1. The van der Waals surface area contributed by atoms with Crippen molar-refractivity contribution in [3.05, 3.63) is 106 Å². The van der Waals surface area contributed by atoms with Crippen LogP contribution in [0.25, 0.3) is 6.08 Å². The Bertz CT molecular complexity index is 1330. The molecule has 0 aliphatic carbocycles. The third-order valence-corrected chi connectivity index (χ3v) is 7.19. The third kappa shape index (κ3) is 5.72. The van der Waals surface area contributed by atoms with E-state index in [9.17, 15) is 4.79 Å². The van der Waals surface area contributed by atoms with Gasteiger partial charge in [-0.2, -0.15) is 0 Å². The number of thioether (sulfide) groups is 1. The fourth-order valence-corrected chi connectivity index (χ4v) is 5.24. The summed E-state index contributed by atoms with van der Waals surface area (Å²) in [5, 5.41) is 0. The van der Waals surface area contributed by atoms with Crippen LogP contribution in [0.5, 0.6) is 11.5 Å². The zero-order valence-electron chi connectivity index (χ0n) is 20.7. The summed E-state index contributed by atoms with van der Waals surface area (Å²) in [5.41, 5.74) is 5.95. The fourth-order valence-electron chi connectivity index (χ4n) is 3.94. The van der Waals surface area contributed by atoms with Gasteiger partial charge in [-0.25, -0.2) is 0 Å². The lowest BCUT2D eigenvalue weighted by molar-refractivity contribution is -0.113. The molecule has 0 spiro atoms. The molecule has 0 aromatic heterocycles. The summed E-state index contributed by atoms with van der Waals surface area (Å²) in [6.45, 7) is 10.9. The summed E-state index contributed by atoms with van der Waals surface area (Å²) in [6, 6.07) is 19.9. The Labute approximate surface area is 222 Å². The first-order chi connectivity index (χ1) is 17.4. The van der Waals surface area contributed by atoms with E-state index < -0.39 is 0 Å². The molecule has 184 valence electrons. The molecule has 4 rings (SSSR count). The molecule has 0 saturated carbocycles. The molecule has 1 aliphatic rings. The molecule has 6 heteroatoms. The van der Waals surface area contributed by atoms with Crippen molar-refractivity contribution in [2.24, 2.45) is 0 Å². The number of nitrogens with zero attached hydrogens (tertiary/aromatic N) is 1. The molecular formula is C30H29NO3S2. The topological polar surface area (TPSA) is 38.8 Å². The number of carbonyl (C=O) groups is 1. The van der Waals surface area contributed by atoms with Crippen LogP contribution in [0.4, 0.5) is 5.69 Å². The summed E-state index contributed by atoms with van der Waals surface area (Å²) in [4.78, 5) is 15.5.